The molecular weight excluding hydrogens is 398 g/mol. The predicted octanol–water partition coefficient (Wildman–Crippen LogP) is 5.79. The SMILES string of the molecule is C=CCN(CC=C)C(CCCCCC)c1nc(Cc2ccccc2)c(N2CCOCC2)o1. The third-order valence-electron chi connectivity index (χ3n) is 5.99. The van der Waals surface area contributed by atoms with Gasteiger partial charge in [-0.1, -0.05) is 75.1 Å². The van der Waals surface area contributed by atoms with Gasteiger partial charge in [0.2, 0.25) is 11.8 Å². The van der Waals surface area contributed by atoms with Crippen LogP contribution in [0.4, 0.5) is 5.88 Å². The summed E-state index contributed by atoms with van der Waals surface area (Å²) in [6, 6.07) is 10.6. The van der Waals surface area contributed by atoms with Crippen molar-refractivity contribution in [3.63, 3.8) is 0 Å². The summed E-state index contributed by atoms with van der Waals surface area (Å²) in [6.45, 7) is 14.9. The van der Waals surface area contributed by atoms with Gasteiger partial charge in [-0.05, 0) is 12.0 Å². The molecule has 2 aromatic rings. The largest absolute Gasteiger partial charge is 0.423 e. The second-order valence-corrected chi connectivity index (χ2v) is 8.46. The maximum atomic E-state index is 6.57. The molecule has 1 unspecified atom stereocenters. The third kappa shape index (κ3) is 6.81. The molecule has 1 saturated heterocycles. The van der Waals surface area contributed by atoms with E-state index in [0.29, 0.717) is 0 Å². The van der Waals surface area contributed by atoms with Gasteiger partial charge < -0.3 is 14.1 Å². The van der Waals surface area contributed by atoms with Crippen LogP contribution >= 0.6 is 0 Å². The monoisotopic (exact) mass is 437 g/mol. The highest BCUT2D eigenvalue weighted by Crippen LogP contribution is 2.33. The van der Waals surface area contributed by atoms with E-state index in [1.54, 1.807) is 0 Å². The summed E-state index contributed by atoms with van der Waals surface area (Å²) in [5.74, 6) is 1.72. The van der Waals surface area contributed by atoms with Crippen LogP contribution in [-0.2, 0) is 11.2 Å². The summed E-state index contributed by atoms with van der Waals surface area (Å²) >= 11 is 0. The lowest BCUT2D eigenvalue weighted by Crippen LogP contribution is -2.36. The molecule has 1 atom stereocenters. The molecule has 2 heterocycles. The third-order valence-corrected chi connectivity index (χ3v) is 5.99. The molecule has 1 aliphatic heterocycles. The van der Waals surface area contributed by atoms with E-state index in [2.05, 4.69) is 60.2 Å². The van der Waals surface area contributed by atoms with Gasteiger partial charge in [0.05, 0.1) is 19.3 Å². The molecule has 1 aromatic carbocycles. The van der Waals surface area contributed by atoms with Crippen molar-refractivity contribution in [2.24, 2.45) is 0 Å². The summed E-state index contributed by atoms with van der Waals surface area (Å²) < 4.78 is 12.1. The summed E-state index contributed by atoms with van der Waals surface area (Å²) in [7, 11) is 0. The minimum atomic E-state index is 0.118. The van der Waals surface area contributed by atoms with Crippen LogP contribution in [0.3, 0.4) is 0 Å². The highest BCUT2D eigenvalue weighted by atomic mass is 16.5. The van der Waals surface area contributed by atoms with Crippen LogP contribution in [0.1, 0.15) is 62.2 Å². The number of anilines is 1. The van der Waals surface area contributed by atoms with E-state index in [1.165, 1.54) is 24.8 Å². The number of hydrogen-bond acceptors (Lipinski definition) is 5. The highest BCUT2D eigenvalue weighted by molar-refractivity contribution is 5.44. The number of nitrogens with zero attached hydrogens (tertiary/aromatic N) is 3. The molecule has 0 spiro atoms. The van der Waals surface area contributed by atoms with E-state index < -0.39 is 0 Å². The Balaban J connectivity index is 1.92. The van der Waals surface area contributed by atoms with Gasteiger partial charge >= 0.3 is 0 Å². The molecule has 0 amide bonds. The van der Waals surface area contributed by atoms with E-state index in [-0.39, 0.29) is 6.04 Å². The highest BCUT2D eigenvalue weighted by Gasteiger charge is 2.28. The van der Waals surface area contributed by atoms with Gasteiger partial charge in [-0.2, -0.15) is 0 Å². The zero-order valence-electron chi connectivity index (χ0n) is 19.7. The Kier molecular flexibility index (Phi) is 10.0. The first-order valence-corrected chi connectivity index (χ1v) is 12.1. The van der Waals surface area contributed by atoms with E-state index in [4.69, 9.17) is 14.1 Å². The number of hydrogen-bond donors (Lipinski definition) is 0. The van der Waals surface area contributed by atoms with Crippen molar-refractivity contribution in [2.75, 3.05) is 44.3 Å². The number of unbranched alkanes of at least 4 members (excludes halogenated alkanes) is 3. The van der Waals surface area contributed by atoms with Crippen molar-refractivity contribution in [1.82, 2.24) is 9.88 Å². The Morgan fingerprint density at radius 3 is 2.44 bits per heavy atom. The average molecular weight is 438 g/mol. The number of morpholine rings is 1. The lowest BCUT2D eigenvalue weighted by atomic mass is 10.1. The van der Waals surface area contributed by atoms with Crippen molar-refractivity contribution in [1.29, 1.82) is 0 Å². The molecule has 0 saturated carbocycles. The number of aromatic nitrogens is 1. The molecule has 5 nitrogen and oxygen atoms in total. The fourth-order valence-electron chi connectivity index (χ4n) is 4.31. The summed E-state index contributed by atoms with van der Waals surface area (Å²) in [5, 5.41) is 0. The number of ether oxygens (including phenoxy) is 1. The van der Waals surface area contributed by atoms with Crippen LogP contribution in [0.25, 0.3) is 0 Å². The summed E-state index contributed by atoms with van der Waals surface area (Å²) in [4.78, 5) is 9.76. The first-order chi connectivity index (χ1) is 15.8. The first kappa shape index (κ1) is 24.3. The van der Waals surface area contributed by atoms with Crippen molar-refractivity contribution in [3.8, 4) is 0 Å². The molecule has 32 heavy (non-hydrogen) atoms. The maximum Gasteiger partial charge on any atom is 0.220 e. The van der Waals surface area contributed by atoms with Crippen molar-refractivity contribution in [2.45, 2.75) is 51.5 Å². The van der Waals surface area contributed by atoms with Crippen molar-refractivity contribution in [3.05, 3.63) is 72.8 Å². The van der Waals surface area contributed by atoms with Crippen LogP contribution < -0.4 is 4.90 Å². The van der Waals surface area contributed by atoms with Crippen LogP contribution in [-0.4, -0.2) is 49.3 Å². The van der Waals surface area contributed by atoms with Crippen molar-refractivity contribution < 1.29 is 9.15 Å². The smallest absolute Gasteiger partial charge is 0.220 e. The minimum Gasteiger partial charge on any atom is -0.423 e. The van der Waals surface area contributed by atoms with Crippen molar-refractivity contribution >= 4 is 5.88 Å². The first-order valence-electron chi connectivity index (χ1n) is 12.1. The fraction of sp³-hybridized carbons (Fsp3) is 0.519. The van der Waals surface area contributed by atoms with Gasteiger partial charge in [0.1, 0.15) is 5.69 Å². The Morgan fingerprint density at radius 1 is 1.06 bits per heavy atom. The molecule has 0 aliphatic carbocycles. The quantitative estimate of drug-likeness (QED) is 0.276. The van der Waals surface area contributed by atoms with E-state index in [9.17, 15) is 0 Å². The van der Waals surface area contributed by atoms with Crippen LogP contribution in [0.5, 0.6) is 0 Å². The standard InChI is InChI=1S/C27H39N3O2/c1-4-7-8-12-15-25(29(16-5-2)17-6-3)26-28-24(22-23-13-10-9-11-14-23)27(32-26)30-18-20-31-21-19-30/h5-6,9-11,13-14,25H,2-4,7-8,12,15-22H2,1H3. The zero-order chi connectivity index (χ0) is 22.6. The molecule has 174 valence electrons. The molecule has 3 rings (SSSR count). The summed E-state index contributed by atoms with van der Waals surface area (Å²) in [5.41, 5.74) is 2.26. The summed E-state index contributed by atoms with van der Waals surface area (Å²) in [6.07, 6.45) is 10.6. The maximum absolute atomic E-state index is 6.57. The number of oxazole rings is 1. The Hall–Kier alpha value is -2.37. The van der Waals surface area contributed by atoms with Gasteiger partial charge in [0, 0.05) is 32.6 Å². The molecule has 1 fully saturated rings. The topological polar surface area (TPSA) is 41.7 Å². The molecule has 1 aliphatic rings. The second-order valence-electron chi connectivity index (χ2n) is 8.46. The lowest BCUT2D eigenvalue weighted by Gasteiger charge is -2.28. The van der Waals surface area contributed by atoms with Gasteiger partial charge in [-0.15, -0.1) is 13.2 Å². The Bertz CT molecular complexity index is 802. The average Bonchev–Trinajstić information content (AvgIpc) is 3.23. The lowest BCUT2D eigenvalue weighted by molar-refractivity contribution is 0.120. The predicted molar refractivity (Wildman–Crippen MR) is 132 cm³/mol. The Labute approximate surface area is 193 Å². The van der Waals surface area contributed by atoms with Gasteiger partial charge in [0.25, 0.3) is 0 Å². The van der Waals surface area contributed by atoms with Crippen LogP contribution in [0.15, 0.2) is 60.1 Å². The molecule has 5 heteroatoms. The van der Waals surface area contributed by atoms with Gasteiger partial charge in [-0.25, -0.2) is 4.98 Å². The van der Waals surface area contributed by atoms with E-state index >= 15 is 0 Å². The van der Waals surface area contributed by atoms with E-state index in [1.807, 2.05) is 12.2 Å². The fourth-order valence-corrected chi connectivity index (χ4v) is 4.31. The number of benzene rings is 1. The molecule has 0 N–H and O–H groups in total. The minimum absolute atomic E-state index is 0.118. The molecule has 0 radical (unpaired) electrons. The van der Waals surface area contributed by atoms with Crippen LogP contribution in [0.2, 0.25) is 0 Å². The number of rotatable bonds is 14. The van der Waals surface area contributed by atoms with Gasteiger partial charge in [0.15, 0.2) is 0 Å². The molecule has 0 bridgehead atoms. The van der Waals surface area contributed by atoms with E-state index in [0.717, 1.165) is 76.1 Å². The molecular formula is C27H39N3O2. The second kappa shape index (κ2) is 13.2. The Morgan fingerprint density at radius 2 is 1.78 bits per heavy atom. The molecule has 1 aromatic heterocycles. The van der Waals surface area contributed by atoms with Crippen LogP contribution in [0, 0.1) is 0 Å². The normalized spacial score (nSPS) is 15.1. The zero-order valence-corrected chi connectivity index (χ0v) is 19.7. The van der Waals surface area contributed by atoms with Gasteiger partial charge in [-0.3, -0.25) is 4.90 Å².